The van der Waals surface area contributed by atoms with Gasteiger partial charge in [0.1, 0.15) is 11.6 Å². The maximum atomic E-state index is 13.1. The van der Waals surface area contributed by atoms with E-state index >= 15 is 0 Å². The van der Waals surface area contributed by atoms with Crippen LogP contribution in [0.5, 0.6) is 5.75 Å². The topological polar surface area (TPSA) is 46.5 Å². The third-order valence-corrected chi connectivity index (χ3v) is 1.68. The lowest BCUT2D eigenvalue weighted by atomic mass is 10.1. The van der Waals surface area contributed by atoms with E-state index in [1.165, 1.54) is 6.92 Å². The predicted molar refractivity (Wildman–Crippen MR) is 44.7 cm³/mol. The van der Waals surface area contributed by atoms with Gasteiger partial charge in [0.15, 0.2) is 0 Å². The average Bonchev–Trinajstić information content (AvgIpc) is 2.09. The van der Waals surface area contributed by atoms with Crippen LogP contribution in [0.4, 0.5) is 13.2 Å². The van der Waals surface area contributed by atoms with Crippen LogP contribution < -0.4 is 4.74 Å². The number of ether oxygens (including phenoxy) is 1. The molecule has 15 heavy (non-hydrogen) atoms. The molecule has 0 saturated carbocycles. The fraction of sp³-hybridized carbons (Fsp3) is 0.222. The minimum atomic E-state index is -3.07. The first-order chi connectivity index (χ1) is 6.91. The quantitative estimate of drug-likeness (QED) is 0.850. The number of hydrogen-bond acceptors (Lipinski definition) is 2. The van der Waals surface area contributed by atoms with Crippen molar-refractivity contribution in [1.82, 2.24) is 0 Å². The van der Waals surface area contributed by atoms with Crippen molar-refractivity contribution in [2.24, 2.45) is 0 Å². The molecule has 0 atom stereocenters. The maximum Gasteiger partial charge on any atom is 0.387 e. The number of halogens is 3. The molecule has 0 radical (unpaired) electrons. The highest BCUT2D eigenvalue weighted by molar-refractivity contribution is 5.88. The molecule has 1 aromatic rings. The SMILES string of the molecule is Cc1cc(OC(F)F)cc(C(=O)O)c1F. The number of rotatable bonds is 3. The Balaban J connectivity index is 3.17. The zero-order chi connectivity index (χ0) is 11.6. The lowest BCUT2D eigenvalue weighted by Crippen LogP contribution is -2.07. The first kappa shape index (κ1) is 11.4. The van der Waals surface area contributed by atoms with E-state index in [1.807, 2.05) is 0 Å². The molecule has 1 N–H and O–H groups in total. The van der Waals surface area contributed by atoms with Crippen molar-refractivity contribution in [3.8, 4) is 5.75 Å². The summed E-state index contributed by atoms with van der Waals surface area (Å²) < 4.78 is 40.8. The van der Waals surface area contributed by atoms with E-state index in [4.69, 9.17) is 5.11 Å². The Bertz CT molecular complexity index is 390. The first-order valence-electron chi connectivity index (χ1n) is 3.90. The van der Waals surface area contributed by atoms with E-state index in [-0.39, 0.29) is 11.3 Å². The van der Waals surface area contributed by atoms with Crippen LogP contribution in [-0.4, -0.2) is 17.7 Å². The van der Waals surface area contributed by atoms with Crippen LogP contribution in [0.3, 0.4) is 0 Å². The molecule has 0 fully saturated rings. The predicted octanol–water partition coefficient (Wildman–Crippen LogP) is 2.43. The molecule has 0 aliphatic carbocycles. The van der Waals surface area contributed by atoms with Crippen molar-refractivity contribution < 1.29 is 27.8 Å². The van der Waals surface area contributed by atoms with Crippen LogP contribution in [0, 0.1) is 12.7 Å². The van der Waals surface area contributed by atoms with Gasteiger partial charge in [-0.05, 0) is 24.6 Å². The molecule has 6 heteroatoms. The van der Waals surface area contributed by atoms with Crippen molar-refractivity contribution >= 4 is 5.97 Å². The van der Waals surface area contributed by atoms with Crippen molar-refractivity contribution in [3.05, 3.63) is 29.1 Å². The van der Waals surface area contributed by atoms with Gasteiger partial charge in [0.2, 0.25) is 0 Å². The van der Waals surface area contributed by atoms with Crippen LogP contribution >= 0.6 is 0 Å². The van der Waals surface area contributed by atoms with E-state index in [0.717, 1.165) is 12.1 Å². The third kappa shape index (κ3) is 2.61. The summed E-state index contributed by atoms with van der Waals surface area (Å²) in [4.78, 5) is 10.5. The monoisotopic (exact) mass is 220 g/mol. The summed E-state index contributed by atoms with van der Waals surface area (Å²) in [5, 5.41) is 8.57. The summed E-state index contributed by atoms with van der Waals surface area (Å²) in [7, 11) is 0. The smallest absolute Gasteiger partial charge is 0.387 e. The number of aromatic carboxylic acids is 1. The van der Waals surface area contributed by atoms with Crippen molar-refractivity contribution in [1.29, 1.82) is 0 Å². The second-order valence-electron chi connectivity index (χ2n) is 2.79. The number of hydrogen-bond donors (Lipinski definition) is 1. The number of carbonyl (C=O) groups is 1. The third-order valence-electron chi connectivity index (χ3n) is 1.68. The van der Waals surface area contributed by atoms with E-state index < -0.39 is 24.0 Å². The number of aryl methyl sites for hydroxylation is 1. The van der Waals surface area contributed by atoms with Crippen LogP contribution in [0.2, 0.25) is 0 Å². The Morgan fingerprint density at radius 3 is 2.53 bits per heavy atom. The molecular formula is C9H7F3O3. The van der Waals surface area contributed by atoms with Gasteiger partial charge in [-0.2, -0.15) is 8.78 Å². The molecule has 0 aliphatic rings. The number of benzene rings is 1. The van der Waals surface area contributed by atoms with Crippen LogP contribution in [0.25, 0.3) is 0 Å². The minimum Gasteiger partial charge on any atom is -0.478 e. The van der Waals surface area contributed by atoms with E-state index in [9.17, 15) is 18.0 Å². The summed E-state index contributed by atoms with van der Waals surface area (Å²) in [6.07, 6.45) is 0. The van der Waals surface area contributed by atoms with Crippen molar-refractivity contribution in [2.45, 2.75) is 13.5 Å². The minimum absolute atomic E-state index is 0.0643. The van der Waals surface area contributed by atoms with Gasteiger partial charge in [-0.25, -0.2) is 9.18 Å². The maximum absolute atomic E-state index is 13.1. The summed E-state index contributed by atoms with van der Waals surface area (Å²) >= 11 is 0. The van der Waals surface area contributed by atoms with E-state index in [1.54, 1.807) is 0 Å². The van der Waals surface area contributed by atoms with Crippen LogP contribution in [0.1, 0.15) is 15.9 Å². The number of alkyl halides is 2. The van der Waals surface area contributed by atoms with Crippen LogP contribution in [-0.2, 0) is 0 Å². The highest BCUT2D eigenvalue weighted by Crippen LogP contribution is 2.22. The Morgan fingerprint density at radius 1 is 1.47 bits per heavy atom. The Morgan fingerprint density at radius 2 is 2.07 bits per heavy atom. The molecule has 0 bridgehead atoms. The molecule has 0 aliphatic heterocycles. The molecule has 1 rings (SSSR count). The van der Waals surface area contributed by atoms with E-state index in [0.29, 0.717) is 0 Å². The van der Waals surface area contributed by atoms with Gasteiger partial charge in [-0.15, -0.1) is 0 Å². The first-order valence-corrected chi connectivity index (χ1v) is 3.90. The van der Waals surface area contributed by atoms with Gasteiger partial charge in [-0.1, -0.05) is 0 Å². The summed E-state index contributed by atoms with van der Waals surface area (Å²) in [5.74, 6) is -2.86. The molecule has 1 aromatic carbocycles. The van der Waals surface area contributed by atoms with Gasteiger partial charge in [0.05, 0.1) is 5.56 Å². The number of carboxylic acids is 1. The molecule has 0 amide bonds. The standard InChI is InChI=1S/C9H7F3O3/c1-4-2-5(15-9(11)12)3-6(7(4)10)8(13)14/h2-3,9H,1H3,(H,13,14). The Hall–Kier alpha value is -1.72. The summed E-state index contributed by atoms with van der Waals surface area (Å²) in [6, 6.07) is 1.73. The van der Waals surface area contributed by atoms with E-state index in [2.05, 4.69) is 4.74 Å². The average molecular weight is 220 g/mol. The van der Waals surface area contributed by atoms with Gasteiger partial charge < -0.3 is 9.84 Å². The van der Waals surface area contributed by atoms with Gasteiger partial charge >= 0.3 is 12.6 Å². The van der Waals surface area contributed by atoms with Crippen molar-refractivity contribution in [2.75, 3.05) is 0 Å². The van der Waals surface area contributed by atoms with Gasteiger partial charge in [-0.3, -0.25) is 0 Å². The van der Waals surface area contributed by atoms with Crippen molar-refractivity contribution in [3.63, 3.8) is 0 Å². The Labute approximate surface area is 83.1 Å². The fourth-order valence-electron chi connectivity index (χ4n) is 1.06. The normalized spacial score (nSPS) is 10.5. The van der Waals surface area contributed by atoms with Crippen LogP contribution in [0.15, 0.2) is 12.1 Å². The molecule has 82 valence electrons. The molecule has 0 saturated heterocycles. The molecule has 3 nitrogen and oxygen atoms in total. The zero-order valence-corrected chi connectivity index (χ0v) is 7.63. The summed E-state index contributed by atoms with van der Waals surface area (Å²) in [6.45, 7) is -1.81. The number of carboxylic acid groups (broad SMARTS) is 1. The lowest BCUT2D eigenvalue weighted by molar-refractivity contribution is -0.0500. The molecular weight excluding hydrogens is 213 g/mol. The largest absolute Gasteiger partial charge is 0.478 e. The summed E-state index contributed by atoms with van der Waals surface area (Å²) in [5.41, 5.74) is -0.754. The molecule has 0 unspecified atom stereocenters. The second kappa shape index (κ2) is 4.20. The molecule has 0 spiro atoms. The second-order valence-corrected chi connectivity index (χ2v) is 2.79. The zero-order valence-electron chi connectivity index (χ0n) is 7.63. The highest BCUT2D eigenvalue weighted by Gasteiger charge is 2.16. The molecule has 0 heterocycles. The lowest BCUT2D eigenvalue weighted by Gasteiger charge is -2.07. The fourth-order valence-corrected chi connectivity index (χ4v) is 1.06. The Kier molecular flexibility index (Phi) is 3.18. The van der Waals surface area contributed by atoms with Gasteiger partial charge in [0.25, 0.3) is 0 Å². The molecule has 0 aromatic heterocycles. The highest BCUT2D eigenvalue weighted by atomic mass is 19.3. The van der Waals surface area contributed by atoms with Gasteiger partial charge in [0, 0.05) is 0 Å².